The monoisotopic (exact) mass is 364 g/mol. The van der Waals surface area contributed by atoms with Crippen LogP contribution in [0.2, 0.25) is 0 Å². The van der Waals surface area contributed by atoms with Crippen molar-refractivity contribution in [1.82, 2.24) is 0 Å². The first-order valence-corrected chi connectivity index (χ1v) is 11.4. The van der Waals surface area contributed by atoms with Crippen molar-refractivity contribution in [2.75, 3.05) is 6.61 Å². The SMILES string of the molecule is CC12CCC3C(C(O)CC4CC(O)CCC43C)C1CCC2CCCCO. The van der Waals surface area contributed by atoms with Crippen molar-refractivity contribution in [2.45, 2.75) is 96.7 Å². The van der Waals surface area contributed by atoms with Crippen LogP contribution in [0, 0.1) is 40.4 Å². The van der Waals surface area contributed by atoms with Crippen molar-refractivity contribution >= 4 is 0 Å². The molecule has 4 aliphatic rings. The van der Waals surface area contributed by atoms with E-state index in [1.165, 1.54) is 32.1 Å². The van der Waals surface area contributed by atoms with Gasteiger partial charge in [0, 0.05) is 6.61 Å². The molecule has 0 bridgehead atoms. The standard InChI is InChI=1S/C23H40O3/c1-22-11-9-19-21(18(22)7-6-15(22)5-3-4-12-24)20(26)14-16-13-17(25)8-10-23(16,19)2/h15-21,24-26H,3-14H2,1-2H3. The van der Waals surface area contributed by atoms with Crippen molar-refractivity contribution in [3.05, 3.63) is 0 Å². The Labute approximate surface area is 159 Å². The maximum atomic E-state index is 11.2. The van der Waals surface area contributed by atoms with Gasteiger partial charge in [-0.05, 0) is 105 Å². The zero-order valence-corrected chi connectivity index (χ0v) is 16.9. The second-order valence-electron chi connectivity index (χ2n) is 10.8. The first-order valence-electron chi connectivity index (χ1n) is 11.4. The van der Waals surface area contributed by atoms with E-state index in [4.69, 9.17) is 5.11 Å². The van der Waals surface area contributed by atoms with Gasteiger partial charge in [-0.25, -0.2) is 0 Å². The van der Waals surface area contributed by atoms with Gasteiger partial charge in [-0.15, -0.1) is 0 Å². The van der Waals surface area contributed by atoms with Crippen LogP contribution in [0.4, 0.5) is 0 Å². The number of aliphatic hydroxyl groups is 3. The minimum atomic E-state index is -0.163. The Morgan fingerprint density at radius 3 is 2.35 bits per heavy atom. The van der Waals surface area contributed by atoms with Crippen molar-refractivity contribution in [3.63, 3.8) is 0 Å². The molecule has 0 amide bonds. The van der Waals surface area contributed by atoms with E-state index in [0.29, 0.717) is 41.1 Å². The first-order chi connectivity index (χ1) is 12.4. The summed E-state index contributed by atoms with van der Waals surface area (Å²) in [5, 5.41) is 30.5. The van der Waals surface area contributed by atoms with Gasteiger partial charge >= 0.3 is 0 Å². The zero-order valence-electron chi connectivity index (χ0n) is 16.9. The summed E-state index contributed by atoms with van der Waals surface area (Å²) in [6.45, 7) is 5.33. The highest BCUT2D eigenvalue weighted by Gasteiger charge is 2.62. The van der Waals surface area contributed by atoms with Crippen LogP contribution in [-0.2, 0) is 0 Å². The van der Waals surface area contributed by atoms with E-state index in [-0.39, 0.29) is 12.2 Å². The van der Waals surface area contributed by atoms with Crippen LogP contribution in [0.25, 0.3) is 0 Å². The van der Waals surface area contributed by atoms with Crippen LogP contribution < -0.4 is 0 Å². The lowest BCUT2D eigenvalue weighted by Gasteiger charge is -2.62. The summed E-state index contributed by atoms with van der Waals surface area (Å²) >= 11 is 0. The number of hydrogen-bond acceptors (Lipinski definition) is 3. The molecule has 26 heavy (non-hydrogen) atoms. The molecular weight excluding hydrogens is 324 g/mol. The molecule has 0 aromatic carbocycles. The molecule has 0 aromatic rings. The molecule has 0 heterocycles. The smallest absolute Gasteiger partial charge is 0.0577 e. The van der Waals surface area contributed by atoms with E-state index in [9.17, 15) is 10.2 Å². The molecule has 4 aliphatic carbocycles. The Balaban J connectivity index is 1.55. The Kier molecular flexibility index (Phi) is 5.20. The zero-order chi connectivity index (χ0) is 18.5. The Morgan fingerprint density at radius 1 is 0.846 bits per heavy atom. The molecular formula is C23H40O3. The molecule has 4 fully saturated rings. The van der Waals surface area contributed by atoms with Crippen molar-refractivity contribution in [3.8, 4) is 0 Å². The predicted molar refractivity (Wildman–Crippen MR) is 104 cm³/mol. The molecule has 4 saturated carbocycles. The van der Waals surface area contributed by atoms with Crippen LogP contribution in [0.3, 0.4) is 0 Å². The average Bonchev–Trinajstić information content (AvgIpc) is 2.93. The molecule has 0 aliphatic heterocycles. The van der Waals surface area contributed by atoms with E-state index < -0.39 is 0 Å². The molecule has 0 radical (unpaired) electrons. The van der Waals surface area contributed by atoms with Gasteiger partial charge in [0.15, 0.2) is 0 Å². The first kappa shape index (κ1) is 19.2. The van der Waals surface area contributed by atoms with Crippen LogP contribution in [-0.4, -0.2) is 34.1 Å². The van der Waals surface area contributed by atoms with Gasteiger partial charge in [-0.2, -0.15) is 0 Å². The Morgan fingerprint density at radius 2 is 1.58 bits per heavy atom. The fraction of sp³-hybridized carbons (Fsp3) is 1.00. The van der Waals surface area contributed by atoms with E-state index in [1.54, 1.807) is 0 Å². The van der Waals surface area contributed by atoms with Gasteiger partial charge in [0.05, 0.1) is 12.2 Å². The second kappa shape index (κ2) is 7.04. The summed E-state index contributed by atoms with van der Waals surface area (Å²) < 4.78 is 0. The number of aliphatic hydroxyl groups excluding tert-OH is 3. The van der Waals surface area contributed by atoms with Crippen molar-refractivity contribution < 1.29 is 15.3 Å². The largest absolute Gasteiger partial charge is 0.396 e. The molecule has 4 rings (SSSR count). The maximum absolute atomic E-state index is 11.2. The predicted octanol–water partition coefficient (Wildman–Crippen LogP) is 4.14. The summed E-state index contributed by atoms with van der Waals surface area (Å²) in [5.74, 6) is 3.10. The number of fused-ring (bicyclic) bond motifs is 5. The Hall–Kier alpha value is -0.120. The van der Waals surface area contributed by atoms with Gasteiger partial charge in [0.1, 0.15) is 0 Å². The third kappa shape index (κ3) is 2.88. The summed E-state index contributed by atoms with van der Waals surface area (Å²) in [5.41, 5.74) is 0.731. The third-order valence-corrected chi connectivity index (χ3v) is 9.81. The van der Waals surface area contributed by atoms with Gasteiger partial charge in [-0.1, -0.05) is 20.3 Å². The number of hydrogen-bond donors (Lipinski definition) is 3. The van der Waals surface area contributed by atoms with Gasteiger partial charge in [0.2, 0.25) is 0 Å². The van der Waals surface area contributed by atoms with E-state index in [1.807, 2.05) is 0 Å². The second-order valence-corrected chi connectivity index (χ2v) is 10.8. The third-order valence-electron chi connectivity index (χ3n) is 9.81. The minimum Gasteiger partial charge on any atom is -0.396 e. The summed E-state index contributed by atoms with van der Waals surface area (Å²) in [7, 11) is 0. The Bertz CT molecular complexity index is 508. The summed E-state index contributed by atoms with van der Waals surface area (Å²) in [6.07, 6.45) is 12.2. The quantitative estimate of drug-likeness (QED) is 0.657. The fourth-order valence-electron chi connectivity index (χ4n) is 8.29. The molecule has 0 spiro atoms. The van der Waals surface area contributed by atoms with E-state index in [0.717, 1.165) is 44.4 Å². The van der Waals surface area contributed by atoms with E-state index >= 15 is 0 Å². The normalized spacial score (nSPS) is 53.7. The lowest BCUT2D eigenvalue weighted by molar-refractivity contribution is -0.172. The van der Waals surface area contributed by atoms with Crippen LogP contribution in [0.15, 0.2) is 0 Å². The van der Waals surface area contributed by atoms with Gasteiger partial charge in [-0.3, -0.25) is 0 Å². The van der Waals surface area contributed by atoms with Gasteiger partial charge < -0.3 is 15.3 Å². The van der Waals surface area contributed by atoms with Crippen molar-refractivity contribution in [1.29, 1.82) is 0 Å². The topological polar surface area (TPSA) is 60.7 Å². The lowest BCUT2D eigenvalue weighted by atomic mass is 9.44. The minimum absolute atomic E-state index is 0.145. The maximum Gasteiger partial charge on any atom is 0.0577 e. The van der Waals surface area contributed by atoms with E-state index in [2.05, 4.69) is 13.8 Å². The van der Waals surface area contributed by atoms with Crippen LogP contribution in [0.1, 0.15) is 84.5 Å². The average molecular weight is 365 g/mol. The fourth-order valence-corrected chi connectivity index (χ4v) is 8.29. The molecule has 3 N–H and O–H groups in total. The van der Waals surface area contributed by atoms with Crippen LogP contribution in [0.5, 0.6) is 0 Å². The number of rotatable bonds is 4. The summed E-state index contributed by atoms with van der Waals surface area (Å²) in [6, 6.07) is 0. The van der Waals surface area contributed by atoms with Crippen molar-refractivity contribution in [2.24, 2.45) is 40.4 Å². The number of unbranched alkanes of at least 4 members (excludes halogenated alkanes) is 1. The van der Waals surface area contributed by atoms with Gasteiger partial charge in [0.25, 0.3) is 0 Å². The summed E-state index contributed by atoms with van der Waals surface area (Å²) in [4.78, 5) is 0. The molecule has 3 heteroatoms. The van der Waals surface area contributed by atoms with Crippen LogP contribution >= 0.6 is 0 Å². The molecule has 9 atom stereocenters. The molecule has 0 aromatic heterocycles. The highest BCUT2D eigenvalue weighted by Crippen LogP contribution is 2.67. The lowest BCUT2D eigenvalue weighted by Crippen LogP contribution is -2.58. The highest BCUT2D eigenvalue weighted by molar-refractivity contribution is 5.11. The molecule has 0 saturated heterocycles. The highest BCUT2D eigenvalue weighted by atomic mass is 16.3. The molecule has 3 nitrogen and oxygen atoms in total. The molecule has 9 unspecified atom stereocenters. The molecule has 150 valence electrons.